The molecule has 1 aromatic carbocycles. The van der Waals surface area contributed by atoms with E-state index in [0.717, 1.165) is 15.5 Å². The maximum absolute atomic E-state index is 6.24. The van der Waals surface area contributed by atoms with Crippen molar-refractivity contribution in [1.29, 1.82) is 0 Å². The van der Waals surface area contributed by atoms with Crippen molar-refractivity contribution < 1.29 is 0 Å². The third-order valence-corrected chi connectivity index (χ3v) is 3.89. The van der Waals surface area contributed by atoms with Crippen LogP contribution in [0.4, 0.5) is 0 Å². The Balaban J connectivity index is 2.30. The van der Waals surface area contributed by atoms with Crippen LogP contribution in [0.15, 0.2) is 46.5 Å². The number of pyridine rings is 1. The number of hydrogen-bond acceptors (Lipinski definition) is 3. The predicted molar refractivity (Wildman–Crippen MR) is 72.4 cm³/mol. The molecule has 2 aromatic rings. The highest BCUT2D eigenvalue weighted by Gasteiger charge is 2.08. The summed E-state index contributed by atoms with van der Waals surface area (Å²) >= 11 is 7.79. The van der Waals surface area contributed by atoms with E-state index in [1.807, 2.05) is 18.2 Å². The minimum absolute atomic E-state index is 0.433. The number of aromatic nitrogens is 1. The molecule has 17 heavy (non-hydrogen) atoms. The third-order valence-electron chi connectivity index (χ3n) is 2.36. The lowest BCUT2D eigenvalue weighted by Gasteiger charge is -2.07. The molecular formula is C13H13ClN2S. The topological polar surface area (TPSA) is 38.9 Å². The van der Waals surface area contributed by atoms with Gasteiger partial charge in [-0.3, -0.25) is 0 Å². The van der Waals surface area contributed by atoms with Gasteiger partial charge in [0.25, 0.3) is 0 Å². The molecule has 0 saturated heterocycles. The number of benzene rings is 1. The zero-order chi connectivity index (χ0) is 12.3. The van der Waals surface area contributed by atoms with Crippen LogP contribution in [0.3, 0.4) is 0 Å². The fourth-order valence-corrected chi connectivity index (χ4v) is 2.74. The molecule has 0 aliphatic carbocycles. The first kappa shape index (κ1) is 12.4. The zero-order valence-electron chi connectivity index (χ0n) is 9.48. The van der Waals surface area contributed by atoms with E-state index in [2.05, 4.69) is 24.0 Å². The second-order valence-corrected chi connectivity index (χ2v) is 5.15. The summed E-state index contributed by atoms with van der Waals surface area (Å²) in [6.07, 6.45) is 1.74. The molecule has 2 rings (SSSR count). The summed E-state index contributed by atoms with van der Waals surface area (Å²) in [5.74, 6) is 0. The molecule has 0 aliphatic rings. The van der Waals surface area contributed by atoms with Gasteiger partial charge in [0.15, 0.2) is 0 Å². The number of nitrogens with zero attached hydrogens (tertiary/aromatic N) is 1. The first-order chi connectivity index (χ1) is 8.20. The summed E-state index contributed by atoms with van der Waals surface area (Å²) in [5.41, 5.74) is 7.77. The summed E-state index contributed by atoms with van der Waals surface area (Å²) in [6.45, 7) is 2.50. The Bertz CT molecular complexity index is 529. The molecule has 0 bridgehead atoms. The maximum atomic E-state index is 6.24. The van der Waals surface area contributed by atoms with Crippen LogP contribution in [0.1, 0.15) is 11.1 Å². The van der Waals surface area contributed by atoms with Crippen LogP contribution in [0.5, 0.6) is 0 Å². The molecule has 0 radical (unpaired) electrons. The Morgan fingerprint density at radius 1 is 1.35 bits per heavy atom. The van der Waals surface area contributed by atoms with E-state index in [0.29, 0.717) is 11.6 Å². The number of aryl methyl sites for hydroxylation is 1. The minimum atomic E-state index is 0.433. The van der Waals surface area contributed by atoms with Crippen LogP contribution in [0, 0.1) is 6.92 Å². The van der Waals surface area contributed by atoms with E-state index in [1.165, 1.54) is 5.56 Å². The molecule has 0 atom stereocenters. The number of rotatable bonds is 3. The average Bonchev–Trinajstić information content (AvgIpc) is 2.32. The molecule has 4 heteroatoms. The second-order valence-electron chi connectivity index (χ2n) is 3.71. The molecule has 1 heterocycles. The van der Waals surface area contributed by atoms with E-state index in [9.17, 15) is 0 Å². The van der Waals surface area contributed by atoms with Crippen molar-refractivity contribution in [3.63, 3.8) is 0 Å². The van der Waals surface area contributed by atoms with Crippen LogP contribution < -0.4 is 5.73 Å². The van der Waals surface area contributed by atoms with Crippen molar-refractivity contribution in [3.8, 4) is 0 Å². The lowest BCUT2D eigenvalue weighted by Crippen LogP contribution is -1.98. The molecule has 0 unspecified atom stereocenters. The summed E-state index contributed by atoms with van der Waals surface area (Å²) in [6, 6.07) is 10.1. The van der Waals surface area contributed by atoms with Crippen molar-refractivity contribution in [1.82, 2.24) is 4.98 Å². The lowest BCUT2D eigenvalue weighted by molar-refractivity contribution is 1.02. The van der Waals surface area contributed by atoms with Crippen molar-refractivity contribution in [2.75, 3.05) is 0 Å². The van der Waals surface area contributed by atoms with E-state index in [4.69, 9.17) is 17.3 Å². The fourth-order valence-electron chi connectivity index (χ4n) is 1.48. The molecule has 2 nitrogen and oxygen atoms in total. The summed E-state index contributed by atoms with van der Waals surface area (Å²) in [7, 11) is 0. The van der Waals surface area contributed by atoms with E-state index in [1.54, 1.807) is 18.0 Å². The van der Waals surface area contributed by atoms with Gasteiger partial charge in [-0.1, -0.05) is 41.1 Å². The van der Waals surface area contributed by atoms with Crippen LogP contribution in [-0.2, 0) is 6.54 Å². The van der Waals surface area contributed by atoms with Gasteiger partial charge >= 0.3 is 0 Å². The molecule has 1 aromatic heterocycles. The van der Waals surface area contributed by atoms with Crippen molar-refractivity contribution in [3.05, 3.63) is 52.7 Å². The van der Waals surface area contributed by atoms with Crippen LogP contribution in [0.25, 0.3) is 0 Å². The van der Waals surface area contributed by atoms with Crippen LogP contribution in [0.2, 0.25) is 5.02 Å². The second kappa shape index (κ2) is 5.54. The Morgan fingerprint density at radius 3 is 2.88 bits per heavy atom. The number of hydrogen-bond donors (Lipinski definition) is 1. The van der Waals surface area contributed by atoms with Crippen LogP contribution >= 0.6 is 23.4 Å². The summed E-state index contributed by atoms with van der Waals surface area (Å²) in [5, 5.41) is 1.46. The highest BCUT2D eigenvalue weighted by Crippen LogP contribution is 2.33. The Labute approximate surface area is 110 Å². The molecule has 2 N–H and O–H groups in total. The Kier molecular flexibility index (Phi) is 4.05. The molecule has 0 aliphatic heterocycles. The third kappa shape index (κ3) is 3.00. The van der Waals surface area contributed by atoms with Crippen molar-refractivity contribution >= 4 is 23.4 Å². The largest absolute Gasteiger partial charge is 0.326 e. The smallest absolute Gasteiger partial charge is 0.120 e. The first-order valence-corrected chi connectivity index (χ1v) is 6.48. The summed E-state index contributed by atoms with van der Waals surface area (Å²) in [4.78, 5) is 5.42. The van der Waals surface area contributed by atoms with Crippen molar-refractivity contribution in [2.24, 2.45) is 5.73 Å². The lowest BCUT2D eigenvalue weighted by atomic mass is 10.2. The summed E-state index contributed by atoms with van der Waals surface area (Å²) < 4.78 is 0. The molecule has 0 fully saturated rings. The maximum Gasteiger partial charge on any atom is 0.120 e. The normalized spacial score (nSPS) is 10.5. The van der Waals surface area contributed by atoms with Crippen molar-refractivity contribution in [2.45, 2.75) is 23.4 Å². The van der Waals surface area contributed by atoms with Gasteiger partial charge in [-0.15, -0.1) is 0 Å². The Morgan fingerprint density at radius 2 is 2.18 bits per heavy atom. The predicted octanol–water partition coefficient (Wildman–Crippen LogP) is 3.65. The van der Waals surface area contributed by atoms with Gasteiger partial charge in [-0.05, 0) is 30.7 Å². The first-order valence-electron chi connectivity index (χ1n) is 5.28. The van der Waals surface area contributed by atoms with Gasteiger partial charge in [0.05, 0.1) is 5.02 Å². The highest BCUT2D eigenvalue weighted by molar-refractivity contribution is 7.99. The van der Waals surface area contributed by atoms with Crippen LogP contribution in [-0.4, -0.2) is 4.98 Å². The minimum Gasteiger partial charge on any atom is -0.326 e. The molecule has 0 spiro atoms. The SMILES string of the molecule is Cc1cccc(Sc2nccc(CN)c2Cl)c1. The van der Waals surface area contributed by atoms with E-state index in [-0.39, 0.29) is 0 Å². The van der Waals surface area contributed by atoms with Gasteiger partial charge in [0, 0.05) is 17.6 Å². The standard InChI is InChI=1S/C13H13ClN2S/c1-9-3-2-4-11(7-9)17-13-12(14)10(8-15)5-6-16-13/h2-7H,8,15H2,1H3. The van der Waals surface area contributed by atoms with Gasteiger partial charge < -0.3 is 5.73 Å². The molecule has 0 amide bonds. The highest BCUT2D eigenvalue weighted by atomic mass is 35.5. The number of halogens is 1. The van der Waals surface area contributed by atoms with Gasteiger partial charge in [-0.2, -0.15) is 0 Å². The monoisotopic (exact) mass is 264 g/mol. The average molecular weight is 265 g/mol. The number of nitrogens with two attached hydrogens (primary N) is 1. The van der Waals surface area contributed by atoms with E-state index >= 15 is 0 Å². The van der Waals surface area contributed by atoms with E-state index < -0.39 is 0 Å². The van der Waals surface area contributed by atoms with Gasteiger partial charge in [0.2, 0.25) is 0 Å². The Hall–Kier alpha value is -1.03. The molecule has 88 valence electrons. The zero-order valence-corrected chi connectivity index (χ0v) is 11.1. The molecular weight excluding hydrogens is 252 g/mol. The van der Waals surface area contributed by atoms with Gasteiger partial charge in [0.1, 0.15) is 5.03 Å². The van der Waals surface area contributed by atoms with Gasteiger partial charge in [-0.25, -0.2) is 4.98 Å². The quantitative estimate of drug-likeness (QED) is 0.920. The molecule has 0 saturated carbocycles. The fraction of sp³-hybridized carbons (Fsp3) is 0.154.